The van der Waals surface area contributed by atoms with Crippen LogP contribution >= 0.6 is 0 Å². The summed E-state index contributed by atoms with van der Waals surface area (Å²) in [4.78, 5) is 19.8. The minimum atomic E-state index is -0.0410. The molecule has 0 aliphatic heterocycles. The predicted molar refractivity (Wildman–Crippen MR) is 54.3 cm³/mol. The van der Waals surface area contributed by atoms with Crippen LogP contribution in [0.5, 0.6) is 0 Å². The van der Waals surface area contributed by atoms with Crippen molar-refractivity contribution in [2.45, 2.75) is 13.8 Å². The minimum absolute atomic E-state index is 0.0410. The number of aromatic nitrogens is 2. The highest BCUT2D eigenvalue weighted by Gasteiger charge is 2.08. The van der Waals surface area contributed by atoms with E-state index < -0.39 is 0 Å². The smallest absolute Gasteiger partial charge is 0.179 e. The molecule has 0 bridgehead atoms. The molecule has 2 rings (SSSR count). The maximum atomic E-state index is 11.2. The molecule has 1 aromatic carbocycles. The third-order valence-electron chi connectivity index (χ3n) is 2.08. The van der Waals surface area contributed by atoms with Gasteiger partial charge in [-0.2, -0.15) is 0 Å². The van der Waals surface area contributed by atoms with E-state index in [0.29, 0.717) is 11.4 Å². The third-order valence-corrected chi connectivity index (χ3v) is 2.08. The fourth-order valence-corrected chi connectivity index (χ4v) is 1.42. The second-order valence-electron chi connectivity index (χ2n) is 3.20. The van der Waals surface area contributed by atoms with Crippen molar-refractivity contribution >= 4 is 16.8 Å². The van der Waals surface area contributed by atoms with Crippen LogP contribution in [0.3, 0.4) is 0 Å². The molecule has 3 nitrogen and oxygen atoms in total. The molecule has 2 aromatic rings. The standard InChI is InChI=1S/C11H10N2O/c1-7-11(8(2)14)13-10-6-4-3-5-9(10)12-7/h3-6H,1-2H3/i3+1,4+1,5+1,6+1,9+1,10+1. The molecule has 0 unspecified atom stereocenters. The van der Waals surface area contributed by atoms with Gasteiger partial charge in [-0.05, 0) is 19.1 Å². The van der Waals surface area contributed by atoms with Crippen LogP contribution in [0, 0.1) is 6.92 Å². The monoisotopic (exact) mass is 192 g/mol. The Hall–Kier alpha value is -1.77. The van der Waals surface area contributed by atoms with Crippen molar-refractivity contribution in [1.82, 2.24) is 9.97 Å². The molecule has 0 aliphatic carbocycles. The van der Waals surface area contributed by atoms with E-state index in [1.54, 1.807) is 6.92 Å². The van der Waals surface area contributed by atoms with Gasteiger partial charge in [0.25, 0.3) is 0 Å². The van der Waals surface area contributed by atoms with Crippen molar-refractivity contribution < 1.29 is 4.79 Å². The summed E-state index contributed by atoms with van der Waals surface area (Å²) in [5.41, 5.74) is 2.75. The summed E-state index contributed by atoms with van der Waals surface area (Å²) in [5, 5.41) is 0. The first kappa shape index (κ1) is 8.81. The molecule has 1 heterocycles. The first-order valence-electron chi connectivity index (χ1n) is 4.43. The average Bonchev–Trinajstić information content (AvgIpc) is 2.16. The highest BCUT2D eigenvalue weighted by molar-refractivity contribution is 5.94. The quantitative estimate of drug-likeness (QED) is 0.650. The van der Waals surface area contributed by atoms with Gasteiger partial charge in [-0.15, -0.1) is 0 Å². The lowest BCUT2D eigenvalue weighted by Gasteiger charge is -2.02. The predicted octanol–water partition coefficient (Wildman–Crippen LogP) is 2.14. The molecule has 0 aliphatic rings. The SMILES string of the molecule is CC(=O)c1n[13c]2[13cH][13cH][13cH][13cH][13c]2nc1C. The van der Waals surface area contributed by atoms with E-state index in [1.807, 2.05) is 24.3 Å². The Bertz CT molecular complexity index is 506. The Balaban J connectivity index is 2.77. The molecule has 3 heteroatoms. The van der Waals surface area contributed by atoms with Crippen molar-refractivity contribution in [3.05, 3.63) is 35.7 Å². The normalized spacial score (nSPS) is 10.4. The highest BCUT2D eigenvalue weighted by atomic mass is 16.1. The Kier molecular flexibility index (Phi) is 2.00. The van der Waals surface area contributed by atoms with Gasteiger partial charge >= 0.3 is 0 Å². The maximum absolute atomic E-state index is 11.2. The van der Waals surface area contributed by atoms with Crippen LogP contribution in [-0.2, 0) is 0 Å². The Labute approximate surface area is 81.8 Å². The van der Waals surface area contributed by atoms with E-state index in [4.69, 9.17) is 0 Å². The fraction of sp³-hybridized carbons (Fsp3) is 0.182. The number of hydrogen-bond acceptors (Lipinski definition) is 3. The molecule has 14 heavy (non-hydrogen) atoms. The number of Topliss-reactive ketones (excluding diaryl/α,β-unsaturated/α-hetero) is 1. The average molecular weight is 192 g/mol. The summed E-state index contributed by atoms with van der Waals surface area (Å²) in [6.07, 6.45) is 0. The van der Waals surface area contributed by atoms with Crippen LogP contribution in [0.15, 0.2) is 24.3 Å². The van der Waals surface area contributed by atoms with E-state index in [9.17, 15) is 4.79 Å². The molecule has 0 saturated carbocycles. The summed E-state index contributed by atoms with van der Waals surface area (Å²) >= 11 is 0. The molecular weight excluding hydrogens is 182 g/mol. The minimum Gasteiger partial charge on any atom is -0.293 e. The van der Waals surface area contributed by atoms with Crippen molar-refractivity contribution in [3.63, 3.8) is 0 Å². The number of para-hydroxylation sites is 2. The molecule has 0 N–H and O–H groups in total. The summed E-state index contributed by atoms with van der Waals surface area (Å²) in [5.74, 6) is -0.0410. The van der Waals surface area contributed by atoms with Gasteiger partial charge in [-0.25, -0.2) is 9.97 Å². The van der Waals surface area contributed by atoms with Gasteiger partial charge in [0.1, 0.15) is 5.69 Å². The van der Waals surface area contributed by atoms with Gasteiger partial charge in [0.15, 0.2) is 5.78 Å². The molecule has 0 amide bonds. The van der Waals surface area contributed by atoms with Crippen LogP contribution in [0.2, 0.25) is 0 Å². The molecule has 0 saturated heterocycles. The number of rotatable bonds is 1. The maximum Gasteiger partial charge on any atom is 0.179 e. The van der Waals surface area contributed by atoms with E-state index in [2.05, 4.69) is 9.97 Å². The van der Waals surface area contributed by atoms with Crippen molar-refractivity contribution in [2.24, 2.45) is 0 Å². The number of carbonyl (C=O) groups excluding carboxylic acids is 1. The molecule has 0 spiro atoms. The zero-order chi connectivity index (χ0) is 10.1. The third kappa shape index (κ3) is 1.37. The lowest BCUT2D eigenvalue weighted by Crippen LogP contribution is -2.03. The van der Waals surface area contributed by atoms with Gasteiger partial charge in [0, 0.05) is 6.92 Å². The fourth-order valence-electron chi connectivity index (χ4n) is 1.42. The number of benzene rings is 1. The van der Waals surface area contributed by atoms with Gasteiger partial charge in [-0.3, -0.25) is 4.79 Å². The van der Waals surface area contributed by atoms with Crippen LogP contribution in [0.1, 0.15) is 23.1 Å². The van der Waals surface area contributed by atoms with E-state index in [1.165, 1.54) is 6.92 Å². The summed E-state index contributed by atoms with van der Waals surface area (Å²) in [6, 6.07) is 7.54. The number of ketones is 1. The summed E-state index contributed by atoms with van der Waals surface area (Å²) < 4.78 is 0. The second kappa shape index (κ2) is 3.18. The molecule has 0 radical (unpaired) electrons. The highest BCUT2D eigenvalue weighted by Crippen LogP contribution is 2.12. The summed E-state index contributed by atoms with van der Waals surface area (Å²) in [6.45, 7) is 3.31. The number of nitrogens with zero attached hydrogens (tertiary/aromatic N) is 2. The van der Waals surface area contributed by atoms with Crippen molar-refractivity contribution in [2.75, 3.05) is 0 Å². The van der Waals surface area contributed by atoms with Gasteiger partial charge < -0.3 is 0 Å². The lowest BCUT2D eigenvalue weighted by atomic mass is 10.2. The Morgan fingerprint density at radius 2 is 1.71 bits per heavy atom. The van der Waals surface area contributed by atoms with Crippen LogP contribution < -0.4 is 0 Å². The van der Waals surface area contributed by atoms with Gasteiger partial charge in [0.05, 0.1) is 16.7 Å². The van der Waals surface area contributed by atoms with E-state index in [0.717, 1.165) is 11.0 Å². The van der Waals surface area contributed by atoms with E-state index >= 15 is 0 Å². The topological polar surface area (TPSA) is 42.9 Å². The number of carbonyl (C=O) groups is 1. The zero-order valence-electron chi connectivity index (χ0n) is 8.11. The van der Waals surface area contributed by atoms with Crippen LogP contribution in [-0.4, -0.2) is 15.8 Å². The zero-order valence-corrected chi connectivity index (χ0v) is 8.11. The Morgan fingerprint density at radius 3 is 2.29 bits per heavy atom. The first-order valence-corrected chi connectivity index (χ1v) is 4.43. The number of fused-ring (bicyclic) bond motifs is 1. The molecular formula is C11H10N2O. The lowest BCUT2D eigenvalue weighted by molar-refractivity contribution is 0.101. The second-order valence-corrected chi connectivity index (χ2v) is 3.20. The van der Waals surface area contributed by atoms with Gasteiger partial charge in [0.2, 0.25) is 0 Å². The van der Waals surface area contributed by atoms with Crippen LogP contribution in [0.25, 0.3) is 11.0 Å². The van der Waals surface area contributed by atoms with Crippen molar-refractivity contribution in [3.8, 4) is 0 Å². The molecule has 1 aromatic heterocycles. The first-order chi connectivity index (χ1) is 6.68. The van der Waals surface area contributed by atoms with Gasteiger partial charge in [-0.1, -0.05) is 12.1 Å². The number of aryl methyl sites for hydroxylation is 1. The Morgan fingerprint density at radius 1 is 1.14 bits per heavy atom. The largest absolute Gasteiger partial charge is 0.293 e. The van der Waals surface area contributed by atoms with Crippen LogP contribution in [0.4, 0.5) is 0 Å². The molecule has 70 valence electrons. The van der Waals surface area contributed by atoms with E-state index in [-0.39, 0.29) is 5.78 Å². The molecule has 0 fully saturated rings. The molecule has 0 atom stereocenters. The van der Waals surface area contributed by atoms with Crippen molar-refractivity contribution in [1.29, 1.82) is 0 Å². The number of hydrogen-bond donors (Lipinski definition) is 0. The summed E-state index contributed by atoms with van der Waals surface area (Å²) in [7, 11) is 0.